The van der Waals surface area contributed by atoms with E-state index in [2.05, 4.69) is 22.1 Å². The number of aromatic amines is 1. The molecule has 0 aliphatic heterocycles. The Bertz CT molecular complexity index is 315. The van der Waals surface area contributed by atoms with Crippen LogP contribution in [0.4, 0.5) is 5.82 Å². The van der Waals surface area contributed by atoms with Crippen LogP contribution in [0.15, 0.2) is 6.07 Å². The third-order valence-electron chi connectivity index (χ3n) is 3.39. The molecule has 0 saturated heterocycles. The molecule has 0 spiro atoms. The minimum absolute atomic E-state index is 0.584. The molecule has 3 N–H and O–H groups in total. The molecule has 4 heteroatoms. The summed E-state index contributed by atoms with van der Waals surface area (Å²) in [6.45, 7) is 2.11. The van der Waals surface area contributed by atoms with Crippen LogP contribution >= 0.6 is 0 Å². The van der Waals surface area contributed by atoms with Crippen LogP contribution in [0.5, 0.6) is 0 Å². The van der Waals surface area contributed by atoms with E-state index in [1.54, 1.807) is 0 Å². The molecule has 2 rings (SSSR count). The molecule has 0 amide bonds. The average Bonchev–Trinajstić information content (AvgIpc) is 2.65. The number of hydrogen-bond acceptors (Lipinski definition) is 3. The van der Waals surface area contributed by atoms with Crippen molar-refractivity contribution >= 4 is 5.82 Å². The van der Waals surface area contributed by atoms with Crippen LogP contribution in [0.25, 0.3) is 0 Å². The fraction of sp³-hybridized carbons (Fsp3) is 0.750. The third kappa shape index (κ3) is 3.23. The number of nitrogens with one attached hydrogen (secondary N) is 1. The van der Waals surface area contributed by atoms with E-state index in [0.29, 0.717) is 5.82 Å². The van der Waals surface area contributed by atoms with Crippen LogP contribution in [-0.4, -0.2) is 28.7 Å². The SMILES string of the molecule is CN(Cc1cc(N)n[nH]1)CC1CCCCC1. The minimum Gasteiger partial charge on any atom is -0.382 e. The lowest BCUT2D eigenvalue weighted by atomic mass is 9.89. The van der Waals surface area contributed by atoms with Crippen molar-refractivity contribution in [3.8, 4) is 0 Å². The number of nitrogens with two attached hydrogens (primary N) is 1. The van der Waals surface area contributed by atoms with Crippen LogP contribution in [0.2, 0.25) is 0 Å². The lowest BCUT2D eigenvalue weighted by Crippen LogP contribution is -2.26. The van der Waals surface area contributed by atoms with E-state index in [1.165, 1.54) is 38.6 Å². The molecule has 1 heterocycles. The number of hydrogen-bond donors (Lipinski definition) is 2. The van der Waals surface area contributed by atoms with Gasteiger partial charge in [-0.15, -0.1) is 0 Å². The second kappa shape index (κ2) is 5.34. The Labute approximate surface area is 97.2 Å². The maximum atomic E-state index is 5.58. The second-order valence-electron chi connectivity index (χ2n) is 5.02. The predicted octanol–water partition coefficient (Wildman–Crippen LogP) is 2.00. The van der Waals surface area contributed by atoms with Gasteiger partial charge in [-0.2, -0.15) is 5.10 Å². The van der Waals surface area contributed by atoms with E-state index in [1.807, 2.05) is 6.07 Å². The monoisotopic (exact) mass is 222 g/mol. The van der Waals surface area contributed by atoms with Gasteiger partial charge in [-0.3, -0.25) is 5.10 Å². The zero-order chi connectivity index (χ0) is 11.4. The maximum absolute atomic E-state index is 5.58. The van der Waals surface area contributed by atoms with Gasteiger partial charge in [0.2, 0.25) is 0 Å². The molecule has 4 nitrogen and oxygen atoms in total. The number of H-pyrrole nitrogens is 1. The standard InChI is InChI=1S/C12H22N4/c1-16(8-10-5-3-2-4-6-10)9-11-7-12(13)15-14-11/h7,10H,2-6,8-9H2,1H3,(H3,13,14,15). The van der Waals surface area contributed by atoms with Crippen LogP contribution in [0.1, 0.15) is 37.8 Å². The van der Waals surface area contributed by atoms with Gasteiger partial charge in [-0.25, -0.2) is 0 Å². The lowest BCUT2D eigenvalue weighted by molar-refractivity contribution is 0.226. The first-order chi connectivity index (χ1) is 7.74. The summed E-state index contributed by atoms with van der Waals surface area (Å²) in [5.41, 5.74) is 6.68. The molecule has 0 unspecified atom stereocenters. The van der Waals surface area contributed by atoms with E-state index in [9.17, 15) is 0 Å². The molecule has 0 atom stereocenters. The van der Waals surface area contributed by atoms with Gasteiger partial charge in [0.05, 0.1) is 5.69 Å². The average molecular weight is 222 g/mol. The zero-order valence-electron chi connectivity index (χ0n) is 10.1. The van der Waals surface area contributed by atoms with E-state index in [0.717, 1.165) is 18.2 Å². The van der Waals surface area contributed by atoms with Gasteiger partial charge in [0.25, 0.3) is 0 Å². The van der Waals surface area contributed by atoms with Gasteiger partial charge >= 0.3 is 0 Å². The van der Waals surface area contributed by atoms with E-state index >= 15 is 0 Å². The smallest absolute Gasteiger partial charge is 0.145 e. The third-order valence-corrected chi connectivity index (χ3v) is 3.39. The summed E-state index contributed by atoms with van der Waals surface area (Å²) >= 11 is 0. The fourth-order valence-electron chi connectivity index (χ4n) is 2.63. The molecule has 1 fully saturated rings. The van der Waals surface area contributed by atoms with Crippen molar-refractivity contribution < 1.29 is 0 Å². The number of anilines is 1. The molecule has 1 saturated carbocycles. The summed E-state index contributed by atoms with van der Waals surface area (Å²) in [6, 6.07) is 1.91. The topological polar surface area (TPSA) is 57.9 Å². The van der Waals surface area contributed by atoms with Crippen LogP contribution in [0.3, 0.4) is 0 Å². The molecule has 1 aliphatic carbocycles. The Morgan fingerprint density at radius 1 is 1.44 bits per heavy atom. The second-order valence-corrected chi connectivity index (χ2v) is 5.02. The predicted molar refractivity (Wildman–Crippen MR) is 65.9 cm³/mol. The van der Waals surface area contributed by atoms with E-state index in [4.69, 9.17) is 5.73 Å². The first-order valence-electron chi connectivity index (χ1n) is 6.22. The van der Waals surface area contributed by atoms with Gasteiger partial charge < -0.3 is 10.6 Å². The van der Waals surface area contributed by atoms with Gasteiger partial charge in [0, 0.05) is 19.2 Å². The van der Waals surface area contributed by atoms with Gasteiger partial charge in [0.15, 0.2) is 0 Å². The first-order valence-corrected chi connectivity index (χ1v) is 6.22. The number of rotatable bonds is 4. The summed E-state index contributed by atoms with van der Waals surface area (Å²) in [5, 5.41) is 6.90. The van der Waals surface area contributed by atoms with Crippen molar-refractivity contribution in [2.45, 2.75) is 38.6 Å². The molecule has 0 aromatic carbocycles. The van der Waals surface area contributed by atoms with Crippen molar-refractivity contribution in [1.82, 2.24) is 15.1 Å². The summed E-state index contributed by atoms with van der Waals surface area (Å²) in [7, 11) is 2.17. The Hall–Kier alpha value is -1.03. The Morgan fingerprint density at radius 3 is 2.81 bits per heavy atom. The molecule has 0 bridgehead atoms. The van der Waals surface area contributed by atoms with Crippen molar-refractivity contribution in [1.29, 1.82) is 0 Å². The van der Waals surface area contributed by atoms with Crippen LogP contribution < -0.4 is 5.73 Å². The zero-order valence-corrected chi connectivity index (χ0v) is 10.1. The molecular formula is C12H22N4. The molecule has 1 aromatic rings. The van der Waals surface area contributed by atoms with Gasteiger partial charge in [0.1, 0.15) is 5.82 Å². The summed E-state index contributed by atoms with van der Waals surface area (Å²) in [4.78, 5) is 2.36. The molecule has 16 heavy (non-hydrogen) atoms. The summed E-state index contributed by atoms with van der Waals surface area (Å²) in [5.74, 6) is 1.47. The Balaban J connectivity index is 1.77. The van der Waals surface area contributed by atoms with Crippen molar-refractivity contribution in [2.24, 2.45) is 5.92 Å². The van der Waals surface area contributed by atoms with Gasteiger partial charge in [-0.1, -0.05) is 19.3 Å². The highest BCUT2D eigenvalue weighted by atomic mass is 15.2. The lowest BCUT2D eigenvalue weighted by Gasteiger charge is -2.26. The largest absolute Gasteiger partial charge is 0.382 e. The quantitative estimate of drug-likeness (QED) is 0.819. The van der Waals surface area contributed by atoms with E-state index in [-0.39, 0.29) is 0 Å². The maximum Gasteiger partial charge on any atom is 0.145 e. The van der Waals surface area contributed by atoms with Gasteiger partial charge in [-0.05, 0) is 25.8 Å². The molecule has 1 aliphatic rings. The highest BCUT2D eigenvalue weighted by Gasteiger charge is 2.15. The number of nitrogen functional groups attached to an aromatic ring is 1. The minimum atomic E-state index is 0.584. The first kappa shape index (κ1) is 11.5. The normalized spacial score (nSPS) is 18.1. The van der Waals surface area contributed by atoms with Crippen LogP contribution in [0, 0.1) is 5.92 Å². The molecule has 1 aromatic heterocycles. The van der Waals surface area contributed by atoms with Crippen LogP contribution in [-0.2, 0) is 6.54 Å². The molecule has 90 valence electrons. The molecule has 0 radical (unpaired) electrons. The highest BCUT2D eigenvalue weighted by molar-refractivity contribution is 5.28. The number of nitrogens with zero attached hydrogens (tertiary/aromatic N) is 2. The summed E-state index contributed by atoms with van der Waals surface area (Å²) < 4.78 is 0. The van der Waals surface area contributed by atoms with Crippen molar-refractivity contribution in [3.63, 3.8) is 0 Å². The fourth-order valence-corrected chi connectivity index (χ4v) is 2.63. The molecular weight excluding hydrogens is 200 g/mol. The Kier molecular flexibility index (Phi) is 3.83. The Morgan fingerprint density at radius 2 is 2.19 bits per heavy atom. The van der Waals surface area contributed by atoms with E-state index < -0.39 is 0 Å². The highest BCUT2D eigenvalue weighted by Crippen LogP contribution is 2.24. The van der Waals surface area contributed by atoms with Crippen molar-refractivity contribution in [3.05, 3.63) is 11.8 Å². The van der Waals surface area contributed by atoms with Crippen molar-refractivity contribution in [2.75, 3.05) is 19.3 Å². The summed E-state index contributed by atoms with van der Waals surface area (Å²) in [6.07, 6.45) is 7.05. The number of aromatic nitrogens is 2.